The summed E-state index contributed by atoms with van der Waals surface area (Å²) in [5, 5.41) is 14.3. The number of ether oxygens (including phenoxy) is 1. The molecule has 2 atom stereocenters. The molecule has 160 valence electrons. The van der Waals surface area contributed by atoms with Gasteiger partial charge in [-0.25, -0.2) is 0 Å². The van der Waals surface area contributed by atoms with Gasteiger partial charge in [-0.1, -0.05) is 93.7 Å². The van der Waals surface area contributed by atoms with Crippen molar-refractivity contribution in [2.24, 2.45) is 0 Å². The van der Waals surface area contributed by atoms with E-state index in [9.17, 15) is 5.21 Å². The lowest BCUT2D eigenvalue weighted by atomic mass is 9.99. The fraction of sp³-hybridized carbons (Fsp3) is 0.400. The van der Waals surface area contributed by atoms with Gasteiger partial charge in [0.15, 0.2) is 5.76 Å². The standard InChI is InChI=1S/C25H33NO3Si/c1-6-22(28-5)24-23(18-13-19-26(24)27)29-30(25(2,3)4,20-14-9-7-10-15-20)21-16-11-8-12-17-21/h7-12,14-17,23-24,27H,1,13,18-19H2,2-5H3/t23-,24+/m0/s1. The molecule has 1 aliphatic rings. The first kappa shape index (κ1) is 22.5. The summed E-state index contributed by atoms with van der Waals surface area (Å²) in [6, 6.07) is 20.7. The van der Waals surface area contributed by atoms with E-state index in [1.165, 1.54) is 15.4 Å². The van der Waals surface area contributed by atoms with Gasteiger partial charge in [0, 0.05) is 6.54 Å². The Labute approximate surface area is 181 Å². The van der Waals surface area contributed by atoms with Gasteiger partial charge in [-0.15, -0.1) is 0 Å². The highest BCUT2D eigenvalue weighted by atomic mass is 28.4. The number of piperidine rings is 1. The minimum Gasteiger partial charge on any atom is -0.491 e. The zero-order chi connectivity index (χ0) is 21.8. The number of hydroxylamine groups is 2. The smallest absolute Gasteiger partial charge is 0.261 e. The van der Waals surface area contributed by atoms with E-state index in [4.69, 9.17) is 9.16 Å². The topological polar surface area (TPSA) is 41.9 Å². The number of hydrogen-bond acceptors (Lipinski definition) is 4. The summed E-state index contributed by atoms with van der Waals surface area (Å²) in [5.74, 6) is 0.514. The van der Waals surface area contributed by atoms with Crippen LogP contribution in [0.15, 0.2) is 78.7 Å². The van der Waals surface area contributed by atoms with E-state index >= 15 is 0 Å². The molecule has 0 unspecified atom stereocenters. The van der Waals surface area contributed by atoms with Crippen molar-refractivity contribution >= 4 is 18.7 Å². The van der Waals surface area contributed by atoms with Gasteiger partial charge in [-0.05, 0) is 28.3 Å². The first-order chi connectivity index (χ1) is 14.3. The number of benzene rings is 2. The molecule has 0 aliphatic carbocycles. The summed E-state index contributed by atoms with van der Waals surface area (Å²) >= 11 is 0. The molecule has 0 radical (unpaired) electrons. The van der Waals surface area contributed by atoms with Crippen LogP contribution >= 0.6 is 0 Å². The van der Waals surface area contributed by atoms with Gasteiger partial charge in [-0.2, -0.15) is 5.06 Å². The Morgan fingerprint density at radius 1 is 1.07 bits per heavy atom. The molecule has 3 rings (SSSR count). The quantitative estimate of drug-likeness (QED) is 0.431. The van der Waals surface area contributed by atoms with Gasteiger partial charge in [0.05, 0.1) is 13.2 Å². The first-order valence-corrected chi connectivity index (χ1v) is 12.4. The van der Waals surface area contributed by atoms with Gasteiger partial charge in [0.1, 0.15) is 6.04 Å². The maximum Gasteiger partial charge on any atom is 0.261 e. The van der Waals surface area contributed by atoms with E-state index in [-0.39, 0.29) is 11.1 Å². The molecule has 0 amide bonds. The molecule has 0 spiro atoms. The summed E-state index contributed by atoms with van der Waals surface area (Å²) in [6.07, 6.45) is 1.45. The predicted molar refractivity (Wildman–Crippen MR) is 124 cm³/mol. The lowest BCUT2D eigenvalue weighted by molar-refractivity contribution is -0.168. The third-order valence-electron chi connectivity index (χ3n) is 5.96. The minimum atomic E-state index is -2.73. The number of methoxy groups -OCH3 is 1. The van der Waals surface area contributed by atoms with Crippen LogP contribution in [0.5, 0.6) is 0 Å². The molecule has 1 heterocycles. The third kappa shape index (κ3) is 4.18. The van der Waals surface area contributed by atoms with Crippen molar-refractivity contribution in [3.63, 3.8) is 0 Å². The molecule has 30 heavy (non-hydrogen) atoms. The summed E-state index contributed by atoms with van der Waals surface area (Å²) in [4.78, 5) is 0. The van der Waals surface area contributed by atoms with Crippen LogP contribution in [0.2, 0.25) is 5.04 Å². The summed E-state index contributed by atoms with van der Waals surface area (Å²) < 4.78 is 12.8. The van der Waals surface area contributed by atoms with E-state index in [0.717, 1.165) is 12.8 Å². The Kier molecular flexibility index (Phi) is 7.01. The fourth-order valence-electron chi connectivity index (χ4n) is 4.59. The summed E-state index contributed by atoms with van der Waals surface area (Å²) in [5.41, 5.74) is 2.86. The Hall–Kier alpha value is -2.14. The molecule has 4 nitrogen and oxygen atoms in total. The van der Waals surface area contributed by atoms with E-state index in [1.54, 1.807) is 7.11 Å². The zero-order valence-corrected chi connectivity index (χ0v) is 19.5. The molecule has 1 N–H and O–H groups in total. The molecule has 0 bridgehead atoms. The predicted octanol–water partition coefficient (Wildman–Crippen LogP) is 4.10. The molecular weight excluding hydrogens is 390 g/mol. The summed E-state index contributed by atoms with van der Waals surface area (Å²) in [6.45, 7) is 11.1. The van der Waals surface area contributed by atoms with Crippen molar-refractivity contribution in [3.8, 4) is 0 Å². The number of nitrogens with zero attached hydrogens (tertiary/aromatic N) is 1. The number of hydrogen-bond donors (Lipinski definition) is 1. The Morgan fingerprint density at radius 3 is 2.03 bits per heavy atom. The maximum absolute atomic E-state index is 10.7. The minimum absolute atomic E-state index is 0.136. The average Bonchev–Trinajstić information content (AvgIpc) is 2.74. The van der Waals surface area contributed by atoms with Gasteiger partial charge in [0.25, 0.3) is 8.32 Å². The molecule has 1 fully saturated rings. The van der Waals surface area contributed by atoms with Crippen LogP contribution in [0.25, 0.3) is 0 Å². The van der Waals surface area contributed by atoms with E-state index in [2.05, 4.69) is 81.6 Å². The van der Waals surface area contributed by atoms with E-state index in [1.807, 2.05) is 12.1 Å². The largest absolute Gasteiger partial charge is 0.491 e. The summed E-state index contributed by atoms with van der Waals surface area (Å²) in [7, 11) is -1.14. The first-order valence-electron chi connectivity index (χ1n) is 10.5. The third-order valence-corrected chi connectivity index (χ3v) is 11.0. The van der Waals surface area contributed by atoms with Gasteiger partial charge < -0.3 is 14.4 Å². The highest BCUT2D eigenvalue weighted by Gasteiger charge is 2.53. The van der Waals surface area contributed by atoms with Crippen molar-refractivity contribution in [3.05, 3.63) is 78.7 Å². The van der Waals surface area contributed by atoms with Crippen LogP contribution in [-0.2, 0) is 9.16 Å². The lowest BCUT2D eigenvalue weighted by Gasteiger charge is -2.48. The fourth-order valence-corrected chi connectivity index (χ4v) is 9.30. The van der Waals surface area contributed by atoms with Crippen LogP contribution in [-0.4, -0.2) is 44.4 Å². The van der Waals surface area contributed by atoms with Crippen LogP contribution in [0, 0.1) is 0 Å². The van der Waals surface area contributed by atoms with Crippen molar-refractivity contribution in [2.75, 3.05) is 13.7 Å². The molecule has 0 aromatic heterocycles. The van der Waals surface area contributed by atoms with Crippen LogP contribution in [0.4, 0.5) is 0 Å². The highest BCUT2D eigenvalue weighted by molar-refractivity contribution is 6.99. The SMILES string of the molecule is C=C=C(OC)[C@@H]1[C@@H](O[Si](c2ccccc2)(c2ccccc2)C(C)(C)C)CCCN1O. The molecule has 2 aromatic carbocycles. The van der Waals surface area contributed by atoms with Crippen LogP contribution in [0.1, 0.15) is 33.6 Å². The average molecular weight is 424 g/mol. The van der Waals surface area contributed by atoms with E-state index < -0.39 is 14.4 Å². The second kappa shape index (κ2) is 9.34. The van der Waals surface area contributed by atoms with Gasteiger partial charge >= 0.3 is 0 Å². The van der Waals surface area contributed by atoms with Crippen molar-refractivity contribution in [1.82, 2.24) is 5.06 Å². The molecule has 2 aromatic rings. The van der Waals surface area contributed by atoms with Gasteiger partial charge in [-0.3, -0.25) is 0 Å². The normalized spacial score (nSPS) is 20.4. The molecule has 1 saturated heterocycles. The monoisotopic (exact) mass is 423 g/mol. The molecule has 5 heteroatoms. The molecule has 1 aliphatic heterocycles. The second-order valence-corrected chi connectivity index (χ2v) is 13.1. The van der Waals surface area contributed by atoms with Crippen molar-refractivity contribution in [2.45, 2.75) is 50.8 Å². The van der Waals surface area contributed by atoms with Crippen LogP contribution < -0.4 is 10.4 Å². The van der Waals surface area contributed by atoms with Crippen molar-refractivity contribution < 1.29 is 14.4 Å². The Bertz CT molecular complexity index is 833. The van der Waals surface area contributed by atoms with Crippen LogP contribution in [0.3, 0.4) is 0 Å². The lowest BCUT2D eigenvalue weighted by Crippen LogP contribution is -2.69. The van der Waals surface area contributed by atoms with E-state index in [0.29, 0.717) is 12.3 Å². The maximum atomic E-state index is 10.7. The Balaban J connectivity index is 2.19. The number of rotatable bonds is 6. The highest BCUT2D eigenvalue weighted by Crippen LogP contribution is 2.39. The second-order valence-electron chi connectivity index (χ2n) is 8.81. The Morgan fingerprint density at radius 2 is 1.60 bits per heavy atom. The molecule has 0 saturated carbocycles. The zero-order valence-electron chi connectivity index (χ0n) is 18.5. The molecular formula is C25H33NO3Si. The van der Waals surface area contributed by atoms with Crippen molar-refractivity contribution in [1.29, 1.82) is 0 Å². The van der Waals surface area contributed by atoms with Gasteiger partial charge in [0.2, 0.25) is 0 Å².